The molecule has 1 aromatic rings. The van der Waals surface area contributed by atoms with Crippen molar-refractivity contribution in [2.75, 3.05) is 31.6 Å². The van der Waals surface area contributed by atoms with E-state index in [0.717, 1.165) is 31.5 Å². The normalized spacial score (nSPS) is 16.4. The first kappa shape index (κ1) is 15.7. The molecule has 1 unspecified atom stereocenters. The van der Waals surface area contributed by atoms with Crippen LogP contribution in [0.15, 0.2) is 35.3 Å². The van der Waals surface area contributed by atoms with Crippen LogP contribution in [0, 0.1) is 5.92 Å². The first-order valence-corrected chi connectivity index (χ1v) is 8.00. The van der Waals surface area contributed by atoms with E-state index in [1.54, 1.807) is 0 Å². The number of aliphatic imine (C=N–C) groups is 1. The summed E-state index contributed by atoms with van der Waals surface area (Å²) in [7, 11) is 2.13. The second-order valence-corrected chi connectivity index (χ2v) is 5.84. The Morgan fingerprint density at radius 1 is 1.29 bits per heavy atom. The Balaban J connectivity index is 1.86. The van der Waals surface area contributed by atoms with E-state index in [4.69, 9.17) is 4.99 Å². The van der Waals surface area contributed by atoms with Crippen LogP contribution in [-0.4, -0.2) is 38.7 Å². The van der Waals surface area contributed by atoms with Gasteiger partial charge >= 0.3 is 0 Å². The van der Waals surface area contributed by atoms with Crippen LogP contribution in [0.4, 0.5) is 5.69 Å². The van der Waals surface area contributed by atoms with Gasteiger partial charge < -0.3 is 15.5 Å². The third-order valence-corrected chi connectivity index (χ3v) is 3.94. The summed E-state index contributed by atoms with van der Waals surface area (Å²) in [4.78, 5) is 6.98. The molecule has 1 atom stereocenters. The first-order chi connectivity index (χ1) is 10.2. The van der Waals surface area contributed by atoms with Gasteiger partial charge in [-0.1, -0.05) is 18.2 Å². The molecule has 0 amide bonds. The van der Waals surface area contributed by atoms with Crippen LogP contribution >= 0.6 is 0 Å². The maximum atomic E-state index is 4.71. The Hall–Kier alpha value is -1.71. The lowest BCUT2D eigenvalue weighted by atomic mass is 10.2. The number of hydrogen-bond acceptors (Lipinski definition) is 2. The summed E-state index contributed by atoms with van der Waals surface area (Å²) in [5.41, 5.74) is 1.23. The minimum Gasteiger partial charge on any atom is -0.370 e. The van der Waals surface area contributed by atoms with E-state index in [1.807, 2.05) is 6.07 Å². The Bertz CT molecular complexity index is 439. The fraction of sp³-hybridized carbons (Fsp3) is 0.588. The van der Waals surface area contributed by atoms with Crippen molar-refractivity contribution in [1.29, 1.82) is 0 Å². The zero-order chi connectivity index (χ0) is 15.1. The molecule has 0 aliphatic heterocycles. The van der Waals surface area contributed by atoms with Gasteiger partial charge in [-0.25, -0.2) is 0 Å². The quantitative estimate of drug-likeness (QED) is 0.598. The van der Waals surface area contributed by atoms with Crippen LogP contribution in [0.25, 0.3) is 0 Å². The molecule has 0 saturated heterocycles. The van der Waals surface area contributed by atoms with Crippen molar-refractivity contribution in [1.82, 2.24) is 10.6 Å². The second kappa shape index (κ2) is 7.91. The minimum absolute atomic E-state index is 0.365. The average Bonchev–Trinajstić information content (AvgIpc) is 3.34. The van der Waals surface area contributed by atoms with Crippen molar-refractivity contribution < 1.29 is 0 Å². The van der Waals surface area contributed by atoms with Crippen LogP contribution in [0.1, 0.15) is 26.7 Å². The summed E-state index contributed by atoms with van der Waals surface area (Å²) in [6.07, 6.45) is 2.72. The van der Waals surface area contributed by atoms with Gasteiger partial charge in [0.25, 0.3) is 0 Å². The number of guanidine groups is 1. The van der Waals surface area contributed by atoms with E-state index in [0.29, 0.717) is 6.04 Å². The molecule has 4 heteroatoms. The van der Waals surface area contributed by atoms with Crippen LogP contribution in [0.2, 0.25) is 0 Å². The third kappa shape index (κ3) is 5.29. The van der Waals surface area contributed by atoms with Gasteiger partial charge in [0.05, 0.1) is 6.54 Å². The molecule has 1 aliphatic rings. The molecule has 4 nitrogen and oxygen atoms in total. The minimum atomic E-state index is 0.365. The molecule has 1 aromatic carbocycles. The summed E-state index contributed by atoms with van der Waals surface area (Å²) < 4.78 is 0. The van der Waals surface area contributed by atoms with Crippen molar-refractivity contribution in [3.8, 4) is 0 Å². The molecule has 2 N–H and O–H groups in total. The lowest BCUT2D eigenvalue weighted by Gasteiger charge is -2.26. The van der Waals surface area contributed by atoms with Gasteiger partial charge in [-0.2, -0.15) is 0 Å². The average molecular weight is 288 g/mol. The number of rotatable bonds is 7. The monoisotopic (exact) mass is 288 g/mol. The van der Waals surface area contributed by atoms with Crippen molar-refractivity contribution in [3.05, 3.63) is 30.3 Å². The lowest BCUT2D eigenvalue weighted by molar-refractivity contribution is 0.681. The molecule has 0 heterocycles. The highest BCUT2D eigenvalue weighted by Crippen LogP contribution is 2.27. The lowest BCUT2D eigenvalue weighted by Crippen LogP contribution is -2.40. The summed E-state index contributed by atoms with van der Waals surface area (Å²) in [5, 5.41) is 6.76. The number of para-hydroxylation sites is 1. The molecule has 0 radical (unpaired) electrons. The van der Waals surface area contributed by atoms with Crippen LogP contribution in [0.3, 0.4) is 0 Å². The van der Waals surface area contributed by atoms with E-state index in [2.05, 4.69) is 60.7 Å². The van der Waals surface area contributed by atoms with Gasteiger partial charge in [0.2, 0.25) is 0 Å². The molecule has 0 bridgehead atoms. The third-order valence-electron chi connectivity index (χ3n) is 3.94. The van der Waals surface area contributed by atoms with E-state index < -0.39 is 0 Å². The maximum absolute atomic E-state index is 4.71. The fourth-order valence-electron chi connectivity index (χ4n) is 2.17. The molecular formula is C17H28N4. The predicted molar refractivity (Wildman–Crippen MR) is 91.0 cm³/mol. The number of anilines is 1. The molecule has 1 fully saturated rings. The molecule has 0 spiro atoms. The zero-order valence-electron chi connectivity index (χ0n) is 13.5. The molecule has 2 rings (SSSR count). The van der Waals surface area contributed by atoms with Crippen LogP contribution < -0.4 is 15.5 Å². The standard InChI is InChI=1S/C17H28N4/c1-4-18-17(20-13-15-10-11-15)19-12-14(2)21(3)16-8-6-5-7-9-16/h5-9,14-15H,4,10-13H2,1-3H3,(H2,18,19,20). The Labute approximate surface area is 128 Å². The molecule has 1 aliphatic carbocycles. The molecular weight excluding hydrogens is 260 g/mol. The molecule has 1 saturated carbocycles. The van der Waals surface area contributed by atoms with Gasteiger partial charge in [-0.05, 0) is 44.7 Å². The van der Waals surface area contributed by atoms with Crippen molar-refractivity contribution in [2.45, 2.75) is 32.7 Å². The SMILES string of the molecule is CCNC(=NCC(C)N(C)c1ccccc1)NCC1CC1. The summed E-state index contributed by atoms with van der Waals surface area (Å²) in [5.74, 6) is 1.80. The smallest absolute Gasteiger partial charge is 0.191 e. The van der Waals surface area contributed by atoms with Crippen molar-refractivity contribution in [3.63, 3.8) is 0 Å². The van der Waals surface area contributed by atoms with Gasteiger partial charge in [0.1, 0.15) is 0 Å². The van der Waals surface area contributed by atoms with Crippen LogP contribution in [-0.2, 0) is 0 Å². The van der Waals surface area contributed by atoms with Gasteiger partial charge in [0.15, 0.2) is 5.96 Å². The van der Waals surface area contributed by atoms with E-state index in [9.17, 15) is 0 Å². The van der Waals surface area contributed by atoms with Crippen molar-refractivity contribution in [2.24, 2.45) is 10.9 Å². The summed E-state index contributed by atoms with van der Waals surface area (Å²) >= 11 is 0. The second-order valence-electron chi connectivity index (χ2n) is 5.84. The fourth-order valence-corrected chi connectivity index (χ4v) is 2.17. The highest BCUT2D eigenvalue weighted by atomic mass is 15.2. The zero-order valence-corrected chi connectivity index (χ0v) is 13.5. The largest absolute Gasteiger partial charge is 0.370 e. The molecule has 116 valence electrons. The van der Waals surface area contributed by atoms with E-state index in [-0.39, 0.29) is 0 Å². The highest BCUT2D eigenvalue weighted by Gasteiger charge is 2.21. The maximum Gasteiger partial charge on any atom is 0.191 e. The number of likely N-dealkylation sites (N-methyl/N-ethyl adjacent to an activating group) is 1. The molecule has 21 heavy (non-hydrogen) atoms. The van der Waals surface area contributed by atoms with Crippen LogP contribution in [0.5, 0.6) is 0 Å². The topological polar surface area (TPSA) is 39.7 Å². The molecule has 0 aromatic heterocycles. The van der Waals surface area contributed by atoms with E-state index in [1.165, 1.54) is 18.5 Å². The summed E-state index contributed by atoms with van der Waals surface area (Å²) in [6, 6.07) is 10.8. The number of nitrogens with zero attached hydrogens (tertiary/aromatic N) is 2. The number of hydrogen-bond donors (Lipinski definition) is 2. The number of nitrogens with one attached hydrogen (secondary N) is 2. The van der Waals surface area contributed by atoms with Gasteiger partial charge in [-0.15, -0.1) is 0 Å². The predicted octanol–water partition coefficient (Wildman–Crippen LogP) is 2.48. The van der Waals surface area contributed by atoms with Crippen molar-refractivity contribution >= 4 is 11.6 Å². The Morgan fingerprint density at radius 3 is 2.62 bits per heavy atom. The Kier molecular flexibility index (Phi) is 5.90. The van der Waals surface area contributed by atoms with E-state index >= 15 is 0 Å². The number of benzene rings is 1. The summed E-state index contributed by atoms with van der Waals surface area (Å²) in [6.45, 7) is 7.05. The Morgan fingerprint density at radius 2 is 2.00 bits per heavy atom. The first-order valence-electron chi connectivity index (χ1n) is 8.00. The van der Waals surface area contributed by atoms with Gasteiger partial charge in [0, 0.05) is 31.9 Å². The van der Waals surface area contributed by atoms with Gasteiger partial charge in [-0.3, -0.25) is 4.99 Å². The highest BCUT2D eigenvalue weighted by molar-refractivity contribution is 5.79.